The fourth-order valence-electron chi connectivity index (χ4n) is 4.86. The molecule has 0 aliphatic carbocycles. The van der Waals surface area contributed by atoms with E-state index in [1.165, 1.54) is 4.57 Å². The molecule has 1 aliphatic rings. The van der Waals surface area contributed by atoms with Crippen molar-refractivity contribution < 1.29 is 4.74 Å². The van der Waals surface area contributed by atoms with E-state index in [9.17, 15) is 9.59 Å². The number of halogens is 1. The largest absolute Gasteiger partial charge is 0.494 e. The Morgan fingerprint density at radius 3 is 2.51 bits per heavy atom. The standard InChI is InChI=1S/C26H27ClN4O3S/c1-16(2)35-29-12-10-18(11-13-29)30-24-20-8-5-9-22(34-3)23(20)28-15-21(24)25(32)31(26(30)33)19-7-4-6-17(27)14-19/h4-9,14-16,18H,10-13H2,1-3H3. The SMILES string of the molecule is COc1cccc2c1ncc1c(=O)n(-c3cccc(Cl)c3)c(=O)n(C3CCN(SC(C)C)CC3)c12. The molecule has 1 fully saturated rings. The smallest absolute Gasteiger partial charge is 0.336 e. The second-order valence-corrected chi connectivity index (χ2v) is 11.1. The van der Waals surface area contributed by atoms with Crippen molar-refractivity contribution in [3.63, 3.8) is 0 Å². The van der Waals surface area contributed by atoms with Crippen molar-refractivity contribution in [3.05, 3.63) is 74.5 Å². The van der Waals surface area contributed by atoms with Gasteiger partial charge in [-0.15, -0.1) is 0 Å². The van der Waals surface area contributed by atoms with Crippen LogP contribution in [0.5, 0.6) is 5.75 Å². The highest BCUT2D eigenvalue weighted by Gasteiger charge is 2.27. The van der Waals surface area contributed by atoms with Crippen LogP contribution in [-0.2, 0) is 0 Å². The minimum absolute atomic E-state index is 0.0585. The third kappa shape index (κ3) is 4.35. The van der Waals surface area contributed by atoms with Crippen molar-refractivity contribution in [1.82, 2.24) is 18.4 Å². The van der Waals surface area contributed by atoms with Gasteiger partial charge in [-0.3, -0.25) is 18.7 Å². The Bertz CT molecular complexity index is 1520. The summed E-state index contributed by atoms with van der Waals surface area (Å²) in [6, 6.07) is 12.4. The van der Waals surface area contributed by atoms with Gasteiger partial charge in [-0.2, -0.15) is 0 Å². The molecule has 0 amide bonds. The van der Waals surface area contributed by atoms with Gasteiger partial charge in [0.2, 0.25) is 0 Å². The summed E-state index contributed by atoms with van der Waals surface area (Å²) in [4.78, 5) is 32.3. The third-order valence-electron chi connectivity index (χ3n) is 6.34. The topological polar surface area (TPSA) is 69.4 Å². The molecule has 4 aromatic rings. The molecule has 5 rings (SSSR count). The van der Waals surface area contributed by atoms with Gasteiger partial charge in [0.05, 0.1) is 23.7 Å². The molecule has 0 spiro atoms. The first-order chi connectivity index (χ1) is 16.9. The molecule has 1 aliphatic heterocycles. The van der Waals surface area contributed by atoms with Crippen LogP contribution in [0.3, 0.4) is 0 Å². The Balaban J connectivity index is 1.79. The van der Waals surface area contributed by atoms with E-state index < -0.39 is 5.56 Å². The number of ether oxygens (including phenoxy) is 1. The van der Waals surface area contributed by atoms with E-state index in [1.54, 1.807) is 42.1 Å². The fraction of sp³-hybridized carbons (Fsp3) is 0.346. The van der Waals surface area contributed by atoms with Gasteiger partial charge in [0.1, 0.15) is 11.3 Å². The summed E-state index contributed by atoms with van der Waals surface area (Å²) in [5.41, 5.74) is 0.908. The summed E-state index contributed by atoms with van der Waals surface area (Å²) in [5.74, 6) is 0.602. The molecule has 1 saturated heterocycles. The molecule has 7 nitrogen and oxygen atoms in total. The number of nitrogens with zero attached hydrogens (tertiary/aromatic N) is 4. The van der Waals surface area contributed by atoms with Gasteiger partial charge in [-0.1, -0.05) is 55.6 Å². The number of fused-ring (bicyclic) bond motifs is 3. The molecule has 0 saturated carbocycles. The number of hydrogen-bond acceptors (Lipinski definition) is 6. The molecule has 3 heterocycles. The normalized spacial score (nSPS) is 15.3. The van der Waals surface area contributed by atoms with Crippen LogP contribution in [0.2, 0.25) is 5.02 Å². The van der Waals surface area contributed by atoms with Crippen LogP contribution < -0.4 is 16.0 Å². The van der Waals surface area contributed by atoms with Crippen LogP contribution in [0.1, 0.15) is 32.7 Å². The number of pyridine rings is 1. The van der Waals surface area contributed by atoms with Gasteiger partial charge < -0.3 is 4.74 Å². The highest BCUT2D eigenvalue weighted by atomic mass is 35.5. The molecule has 182 valence electrons. The van der Waals surface area contributed by atoms with Crippen molar-refractivity contribution in [2.75, 3.05) is 20.2 Å². The molecule has 0 radical (unpaired) electrons. The molecule has 2 aromatic carbocycles. The number of aromatic nitrogens is 3. The first kappa shape index (κ1) is 23.9. The van der Waals surface area contributed by atoms with Gasteiger partial charge >= 0.3 is 5.69 Å². The Kier molecular flexibility index (Phi) is 6.61. The number of piperidine rings is 1. The van der Waals surface area contributed by atoms with E-state index in [0.29, 0.717) is 38.1 Å². The maximum atomic E-state index is 14.1. The first-order valence-corrected chi connectivity index (χ1v) is 12.9. The van der Waals surface area contributed by atoms with Crippen LogP contribution in [0, 0.1) is 0 Å². The highest BCUT2D eigenvalue weighted by Crippen LogP contribution is 2.33. The molecule has 0 N–H and O–H groups in total. The summed E-state index contributed by atoms with van der Waals surface area (Å²) in [6.45, 7) is 6.10. The monoisotopic (exact) mass is 510 g/mol. The van der Waals surface area contributed by atoms with Crippen LogP contribution in [0.4, 0.5) is 0 Å². The summed E-state index contributed by atoms with van der Waals surface area (Å²) in [5, 5.41) is 2.08. The van der Waals surface area contributed by atoms with E-state index >= 15 is 0 Å². The second kappa shape index (κ2) is 9.68. The highest BCUT2D eigenvalue weighted by molar-refractivity contribution is 7.97. The van der Waals surface area contributed by atoms with E-state index in [4.69, 9.17) is 16.3 Å². The Hall–Kier alpha value is -2.81. The van der Waals surface area contributed by atoms with Crippen LogP contribution >= 0.6 is 23.5 Å². The van der Waals surface area contributed by atoms with E-state index in [1.807, 2.05) is 30.1 Å². The van der Waals surface area contributed by atoms with Crippen molar-refractivity contribution >= 4 is 45.4 Å². The van der Waals surface area contributed by atoms with Crippen molar-refractivity contribution in [1.29, 1.82) is 0 Å². The third-order valence-corrected chi connectivity index (χ3v) is 7.66. The first-order valence-electron chi connectivity index (χ1n) is 11.7. The van der Waals surface area contributed by atoms with Gasteiger partial charge in [0, 0.05) is 41.0 Å². The lowest BCUT2D eigenvalue weighted by Gasteiger charge is -2.33. The zero-order valence-electron chi connectivity index (χ0n) is 19.9. The average molecular weight is 511 g/mol. The number of methoxy groups -OCH3 is 1. The zero-order chi connectivity index (χ0) is 24.7. The lowest BCUT2D eigenvalue weighted by atomic mass is 10.0. The van der Waals surface area contributed by atoms with Crippen LogP contribution in [0.15, 0.2) is 58.3 Å². The molecule has 35 heavy (non-hydrogen) atoms. The van der Waals surface area contributed by atoms with Crippen molar-refractivity contribution in [3.8, 4) is 11.4 Å². The maximum absolute atomic E-state index is 14.1. The summed E-state index contributed by atoms with van der Waals surface area (Å²) in [7, 11) is 1.59. The van der Waals surface area contributed by atoms with Gasteiger partial charge in [-0.05, 0) is 37.1 Å². The summed E-state index contributed by atoms with van der Waals surface area (Å²) in [6.07, 6.45) is 3.16. The lowest BCUT2D eigenvalue weighted by molar-refractivity contribution is 0.287. The second-order valence-electron chi connectivity index (χ2n) is 8.96. The van der Waals surface area contributed by atoms with E-state index in [-0.39, 0.29) is 11.7 Å². The van der Waals surface area contributed by atoms with E-state index in [2.05, 4.69) is 23.1 Å². The van der Waals surface area contributed by atoms with Crippen LogP contribution in [0.25, 0.3) is 27.5 Å². The minimum Gasteiger partial charge on any atom is -0.494 e. The molecule has 0 unspecified atom stereocenters. The molecule has 9 heteroatoms. The molecule has 0 bridgehead atoms. The van der Waals surface area contributed by atoms with Crippen molar-refractivity contribution in [2.45, 2.75) is 38.0 Å². The van der Waals surface area contributed by atoms with Crippen molar-refractivity contribution in [2.24, 2.45) is 0 Å². The number of rotatable bonds is 5. The summed E-state index contributed by atoms with van der Waals surface area (Å²) >= 11 is 8.06. The molecule has 2 aromatic heterocycles. The van der Waals surface area contributed by atoms with Gasteiger partial charge in [-0.25, -0.2) is 9.36 Å². The average Bonchev–Trinajstić information content (AvgIpc) is 2.84. The lowest BCUT2D eigenvalue weighted by Crippen LogP contribution is -2.43. The number of hydrogen-bond donors (Lipinski definition) is 0. The predicted molar refractivity (Wildman–Crippen MR) is 143 cm³/mol. The predicted octanol–water partition coefficient (Wildman–Crippen LogP) is 5.06. The molecular weight excluding hydrogens is 484 g/mol. The summed E-state index contributed by atoms with van der Waals surface area (Å²) < 4.78 is 10.9. The number of para-hydroxylation sites is 1. The van der Waals surface area contributed by atoms with Crippen LogP contribution in [-0.4, -0.2) is 43.9 Å². The Morgan fingerprint density at radius 2 is 1.83 bits per heavy atom. The quantitative estimate of drug-likeness (QED) is 0.276. The zero-order valence-corrected chi connectivity index (χ0v) is 21.5. The van der Waals surface area contributed by atoms with Gasteiger partial charge in [0.15, 0.2) is 0 Å². The number of benzene rings is 2. The molecule has 0 atom stereocenters. The van der Waals surface area contributed by atoms with Gasteiger partial charge in [0.25, 0.3) is 5.56 Å². The molecular formula is C26H27ClN4O3S. The maximum Gasteiger partial charge on any atom is 0.336 e. The van der Waals surface area contributed by atoms with E-state index in [0.717, 1.165) is 31.3 Å². The minimum atomic E-state index is -0.409. The Labute approximate surface area is 212 Å². The fourth-order valence-corrected chi connectivity index (χ4v) is 6.06. The Morgan fingerprint density at radius 1 is 1.09 bits per heavy atom.